The Bertz CT molecular complexity index is 644. The number of hydrazone groups is 1. The number of carbonyl (C=O) groups excluding carboxylic acids is 1. The number of amides is 1. The molecule has 0 aliphatic heterocycles. The van der Waals surface area contributed by atoms with Crippen molar-refractivity contribution < 1.29 is 4.79 Å². The van der Waals surface area contributed by atoms with Crippen LogP contribution >= 0.6 is 15.9 Å². The van der Waals surface area contributed by atoms with Gasteiger partial charge in [0.25, 0.3) is 0 Å². The molecule has 0 saturated carbocycles. The van der Waals surface area contributed by atoms with Gasteiger partial charge in [-0.2, -0.15) is 10.2 Å². The average Bonchev–Trinajstić information content (AvgIpc) is 2.76. The van der Waals surface area contributed by atoms with Crippen LogP contribution in [0.5, 0.6) is 0 Å². The molecule has 0 unspecified atom stereocenters. The van der Waals surface area contributed by atoms with Gasteiger partial charge in [-0.05, 0) is 43.5 Å². The molecule has 2 N–H and O–H groups in total. The van der Waals surface area contributed by atoms with Crippen molar-refractivity contribution in [2.45, 2.75) is 26.7 Å². The van der Waals surface area contributed by atoms with Gasteiger partial charge in [0.05, 0.1) is 11.9 Å². The number of rotatable bonds is 5. The van der Waals surface area contributed by atoms with E-state index in [-0.39, 0.29) is 5.91 Å². The van der Waals surface area contributed by atoms with Gasteiger partial charge < -0.3 is 0 Å². The van der Waals surface area contributed by atoms with Crippen LogP contribution in [0.25, 0.3) is 0 Å². The summed E-state index contributed by atoms with van der Waals surface area (Å²) in [5.41, 5.74) is 6.51. The van der Waals surface area contributed by atoms with Crippen LogP contribution in [0.4, 0.5) is 0 Å². The second-order valence-corrected chi connectivity index (χ2v) is 5.68. The number of aromatic amines is 1. The van der Waals surface area contributed by atoms with Crippen LogP contribution in [0.1, 0.15) is 28.9 Å². The van der Waals surface area contributed by atoms with E-state index < -0.39 is 0 Å². The third kappa shape index (κ3) is 4.53. The maximum absolute atomic E-state index is 11.8. The van der Waals surface area contributed by atoms with Gasteiger partial charge in [-0.25, -0.2) is 5.43 Å². The van der Waals surface area contributed by atoms with E-state index in [0.29, 0.717) is 12.8 Å². The van der Waals surface area contributed by atoms with E-state index in [1.54, 1.807) is 6.21 Å². The highest BCUT2D eigenvalue weighted by molar-refractivity contribution is 9.10. The van der Waals surface area contributed by atoms with Crippen molar-refractivity contribution in [2.24, 2.45) is 5.10 Å². The van der Waals surface area contributed by atoms with Gasteiger partial charge in [-0.1, -0.05) is 28.1 Å². The highest BCUT2D eigenvalue weighted by Gasteiger charge is 2.08. The normalized spacial score (nSPS) is 11.0. The van der Waals surface area contributed by atoms with E-state index >= 15 is 0 Å². The predicted octanol–water partition coefficient (Wildman–Crippen LogP) is 2.87. The third-order valence-electron chi connectivity index (χ3n) is 3.13. The van der Waals surface area contributed by atoms with Crippen molar-refractivity contribution >= 4 is 28.1 Å². The summed E-state index contributed by atoms with van der Waals surface area (Å²) in [7, 11) is 0. The zero-order valence-electron chi connectivity index (χ0n) is 12.0. The van der Waals surface area contributed by atoms with Crippen molar-refractivity contribution in [1.82, 2.24) is 15.6 Å². The monoisotopic (exact) mass is 348 g/mol. The van der Waals surface area contributed by atoms with E-state index in [0.717, 1.165) is 27.0 Å². The molecule has 0 bridgehead atoms. The number of nitrogens with zero attached hydrogens (tertiary/aromatic N) is 2. The van der Waals surface area contributed by atoms with Crippen LogP contribution in [0.3, 0.4) is 0 Å². The highest BCUT2D eigenvalue weighted by atomic mass is 79.9. The van der Waals surface area contributed by atoms with Crippen LogP contribution in [0.15, 0.2) is 33.8 Å². The van der Waals surface area contributed by atoms with E-state index in [9.17, 15) is 4.79 Å². The summed E-state index contributed by atoms with van der Waals surface area (Å²) >= 11 is 3.39. The molecule has 5 nitrogen and oxygen atoms in total. The molecular formula is C15H17BrN4O. The topological polar surface area (TPSA) is 70.1 Å². The third-order valence-corrected chi connectivity index (χ3v) is 3.63. The molecule has 1 aromatic heterocycles. The number of nitrogens with one attached hydrogen (secondary N) is 2. The molecule has 21 heavy (non-hydrogen) atoms. The van der Waals surface area contributed by atoms with E-state index in [4.69, 9.17) is 0 Å². The standard InChI is InChI=1S/C15H17BrN4O/c1-10-14(11(2)19-18-10)6-7-15(21)20-17-9-12-4-3-5-13(16)8-12/h3-5,8-9H,6-7H2,1-2H3,(H,18,19)(H,20,21). The first kappa shape index (κ1) is 15.4. The summed E-state index contributed by atoms with van der Waals surface area (Å²) in [4.78, 5) is 11.8. The lowest BCUT2D eigenvalue weighted by atomic mass is 10.1. The lowest BCUT2D eigenvalue weighted by Gasteiger charge is -2.01. The number of aromatic nitrogens is 2. The van der Waals surface area contributed by atoms with Crippen LogP contribution in [0, 0.1) is 13.8 Å². The largest absolute Gasteiger partial charge is 0.282 e. The molecule has 1 aromatic carbocycles. The molecule has 0 fully saturated rings. The first-order valence-corrected chi connectivity index (χ1v) is 7.43. The molecule has 0 aliphatic rings. The number of benzene rings is 1. The SMILES string of the molecule is Cc1n[nH]c(C)c1CCC(=O)NN=Cc1cccc(Br)c1. The smallest absolute Gasteiger partial charge is 0.240 e. The minimum atomic E-state index is -0.110. The fraction of sp³-hybridized carbons (Fsp3) is 0.267. The molecule has 2 aromatic rings. The molecule has 6 heteroatoms. The number of carbonyl (C=O) groups is 1. The van der Waals surface area contributed by atoms with Crippen molar-refractivity contribution in [2.75, 3.05) is 0 Å². The summed E-state index contributed by atoms with van der Waals surface area (Å²) in [6, 6.07) is 7.69. The van der Waals surface area contributed by atoms with Crippen molar-refractivity contribution in [3.63, 3.8) is 0 Å². The van der Waals surface area contributed by atoms with Crippen LogP contribution in [0.2, 0.25) is 0 Å². The van der Waals surface area contributed by atoms with Crippen molar-refractivity contribution in [3.8, 4) is 0 Å². The Hall–Kier alpha value is -1.95. The summed E-state index contributed by atoms with van der Waals surface area (Å²) in [6.45, 7) is 3.89. The number of hydrogen-bond acceptors (Lipinski definition) is 3. The van der Waals surface area contributed by atoms with Crippen LogP contribution in [-0.2, 0) is 11.2 Å². The Morgan fingerprint density at radius 2 is 2.29 bits per heavy atom. The van der Waals surface area contributed by atoms with Gasteiger partial charge >= 0.3 is 0 Å². The molecule has 0 saturated heterocycles. The fourth-order valence-corrected chi connectivity index (χ4v) is 2.42. The van der Waals surface area contributed by atoms with Gasteiger partial charge in [-0.3, -0.25) is 9.89 Å². The minimum absolute atomic E-state index is 0.110. The zero-order valence-corrected chi connectivity index (χ0v) is 13.6. The molecule has 0 atom stereocenters. The van der Waals surface area contributed by atoms with Gasteiger partial charge in [0.1, 0.15) is 0 Å². The van der Waals surface area contributed by atoms with Gasteiger partial charge in [0, 0.05) is 16.6 Å². The molecule has 0 radical (unpaired) electrons. The first-order chi connectivity index (χ1) is 10.1. The predicted molar refractivity (Wildman–Crippen MR) is 86.3 cm³/mol. The summed E-state index contributed by atoms with van der Waals surface area (Å²) in [5.74, 6) is -0.110. The Labute approximate surface area is 132 Å². The maximum atomic E-state index is 11.8. The molecule has 1 heterocycles. The van der Waals surface area contributed by atoms with Crippen LogP contribution < -0.4 is 5.43 Å². The Balaban J connectivity index is 1.83. The quantitative estimate of drug-likeness (QED) is 0.644. The molecule has 0 aliphatic carbocycles. The average molecular weight is 349 g/mol. The second kappa shape index (κ2) is 7.17. The number of aryl methyl sites for hydroxylation is 2. The molecule has 1 amide bonds. The lowest BCUT2D eigenvalue weighted by Crippen LogP contribution is -2.18. The number of H-pyrrole nitrogens is 1. The minimum Gasteiger partial charge on any atom is -0.282 e. The summed E-state index contributed by atoms with van der Waals surface area (Å²) in [5, 5.41) is 11.0. The fourth-order valence-electron chi connectivity index (χ4n) is 2.00. The maximum Gasteiger partial charge on any atom is 0.240 e. The van der Waals surface area contributed by atoms with E-state index in [1.165, 1.54) is 0 Å². The van der Waals surface area contributed by atoms with Crippen molar-refractivity contribution in [1.29, 1.82) is 0 Å². The Morgan fingerprint density at radius 3 is 2.95 bits per heavy atom. The second-order valence-electron chi connectivity index (χ2n) is 4.76. The molecule has 0 spiro atoms. The summed E-state index contributed by atoms with van der Waals surface area (Å²) in [6.07, 6.45) is 2.67. The van der Waals surface area contributed by atoms with Crippen molar-refractivity contribution in [3.05, 3.63) is 51.3 Å². The number of halogens is 1. The van der Waals surface area contributed by atoms with Crippen LogP contribution in [-0.4, -0.2) is 22.3 Å². The lowest BCUT2D eigenvalue weighted by molar-refractivity contribution is -0.121. The first-order valence-electron chi connectivity index (χ1n) is 6.64. The molecule has 2 rings (SSSR count). The van der Waals surface area contributed by atoms with E-state index in [1.807, 2.05) is 38.1 Å². The van der Waals surface area contributed by atoms with Gasteiger partial charge in [0.15, 0.2) is 0 Å². The molecular weight excluding hydrogens is 332 g/mol. The van der Waals surface area contributed by atoms with E-state index in [2.05, 4.69) is 36.7 Å². The molecule has 110 valence electrons. The zero-order chi connectivity index (χ0) is 15.2. The Kier molecular flexibility index (Phi) is 5.27. The number of hydrogen-bond donors (Lipinski definition) is 2. The Morgan fingerprint density at radius 1 is 1.48 bits per heavy atom. The highest BCUT2D eigenvalue weighted by Crippen LogP contribution is 2.12. The summed E-state index contributed by atoms with van der Waals surface area (Å²) < 4.78 is 0.976. The van der Waals surface area contributed by atoms with Gasteiger partial charge in [0.2, 0.25) is 5.91 Å². The van der Waals surface area contributed by atoms with Gasteiger partial charge in [-0.15, -0.1) is 0 Å².